The maximum atomic E-state index is 12.8. The first kappa shape index (κ1) is 18.3. The number of pyridine rings is 1. The number of aryl methyl sites for hydroxylation is 2. The number of ether oxygens (including phenoxy) is 1. The molecular weight excluding hydrogens is 389 g/mol. The van der Waals surface area contributed by atoms with Gasteiger partial charge in [0.1, 0.15) is 0 Å². The lowest BCUT2D eigenvalue weighted by Gasteiger charge is -2.13. The maximum absolute atomic E-state index is 12.8. The summed E-state index contributed by atoms with van der Waals surface area (Å²) in [7, 11) is 1.27. The molecule has 2 aromatic rings. The summed E-state index contributed by atoms with van der Waals surface area (Å²) in [5.41, 5.74) is 6.06. The number of methoxy groups -OCH3 is 1. The molecule has 0 amide bonds. The molecule has 0 bridgehead atoms. The molecule has 2 N–H and O–H groups in total. The molecule has 0 aliphatic carbocycles. The van der Waals surface area contributed by atoms with Crippen LogP contribution in [0.1, 0.15) is 27.0 Å². The molecule has 4 nitrogen and oxygen atoms in total. The van der Waals surface area contributed by atoms with Crippen LogP contribution in [0.15, 0.2) is 35.1 Å². The molecule has 24 heavy (non-hydrogen) atoms. The van der Waals surface area contributed by atoms with Gasteiger partial charge in [0.2, 0.25) is 0 Å². The summed E-state index contributed by atoms with van der Waals surface area (Å²) in [6, 6.07) is 3.93. The number of nitrogen functional groups attached to an aromatic ring is 1. The highest BCUT2D eigenvalue weighted by atomic mass is 79.9. The van der Waals surface area contributed by atoms with E-state index in [0.29, 0.717) is 28.4 Å². The monoisotopic (exact) mass is 402 g/mol. The Hall–Kier alpha value is -2.09. The van der Waals surface area contributed by atoms with Gasteiger partial charge in [-0.05, 0) is 42.2 Å². The van der Waals surface area contributed by atoms with Crippen molar-refractivity contribution in [1.29, 1.82) is 0 Å². The molecule has 0 aliphatic heterocycles. The van der Waals surface area contributed by atoms with Gasteiger partial charge in [0.25, 0.3) is 0 Å². The van der Waals surface area contributed by atoms with Crippen molar-refractivity contribution in [2.45, 2.75) is 19.0 Å². The minimum absolute atomic E-state index is 0.317. The predicted molar refractivity (Wildman–Crippen MR) is 86.5 cm³/mol. The first-order valence-electron chi connectivity index (χ1n) is 6.89. The van der Waals surface area contributed by atoms with E-state index in [0.717, 1.165) is 11.6 Å². The molecular formula is C16H14BrF3N2O2. The van der Waals surface area contributed by atoms with Gasteiger partial charge in [-0.2, -0.15) is 13.2 Å². The topological polar surface area (TPSA) is 65.2 Å². The quantitative estimate of drug-likeness (QED) is 0.619. The average molecular weight is 403 g/mol. The number of esters is 1. The minimum Gasteiger partial charge on any atom is -0.465 e. The van der Waals surface area contributed by atoms with Gasteiger partial charge in [0.05, 0.1) is 18.2 Å². The second-order valence-corrected chi connectivity index (χ2v) is 5.96. The fourth-order valence-electron chi connectivity index (χ4n) is 2.21. The highest BCUT2D eigenvalue weighted by Crippen LogP contribution is 2.37. The lowest BCUT2D eigenvalue weighted by atomic mass is 10.0. The fourth-order valence-corrected chi connectivity index (χ4v) is 2.75. The Balaban J connectivity index is 2.18. The van der Waals surface area contributed by atoms with E-state index in [4.69, 9.17) is 5.73 Å². The molecule has 0 radical (unpaired) electrons. The molecule has 128 valence electrons. The third-order valence-corrected chi connectivity index (χ3v) is 4.16. The Kier molecular flexibility index (Phi) is 5.48. The van der Waals surface area contributed by atoms with Gasteiger partial charge >= 0.3 is 12.1 Å². The third-order valence-electron chi connectivity index (χ3n) is 3.42. The molecule has 0 aliphatic rings. The molecule has 0 atom stereocenters. The third kappa shape index (κ3) is 4.25. The number of alkyl halides is 3. The van der Waals surface area contributed by atoms with E-state index in [9.17, 15) is 18.0 Å². The Morgan fingerprint density at radius 2 is 1.96 bits per heavy atom. The van der Waals surface area contributed by atoms with E-state index in [1.165, 1.54) is 19.4 Å². The molecule has 1 aromatic heterocycles. The highest BCUT2D eigenvalue weighted by molar-refractivity contribution is 9.10. The molecule has 0 spiro atoms. The van der Waals surface area contributed by atoms with Crippen molar-refractivity contribution < 1.29 is 22.7 Å². The zero-order chi connectivity index (χ0) is 17.9. The van der Waals surface area contributed by atoms with Crippen molar-refractivity contribution in [3.05, 3.63) is 57.3 Å². The maximum Gasteiger partial charge on any atom is 0.418 e. The van der Waals surface area contributed by atoms with Gasteiger partial charge in [-0.1, -0.05) is 15.9 Å². The molecule has 0 saturated carbocycles. The van der Waals surface area contributed by atoms with Crippen LogP contribution < -0.4 is 5.73 Å². The van der Waals surface area contributed by atoms with Crippen LogP contribution >= 0.6 is 15.9 Å². The zero-order valence-corrected chi connectivity index (χ0v) is 14.2. The first-order chi connectivity index (χ1) is 11.2. The standard InChI is InChI=1S/C16H14BrF3N2O2/c1-24-15(23)11-4-9(7-22-8-11)2-3-10-5-14(21)12(6-13(10)17)16(18,19)20/h4-8H,2-3,21H2,1H3. The Morgan fingerprint density at radius 1 is 1.25 bits per heavy atom. The van der Waals surface area contributed by atoms with Crippen LogP contribution in [-0.4, -0.2) is 18.1 Å². The normalized spacial score (nSPS) is 11.4. The summed E-state index contributed by atoms with van der Waals surface area (Å²) in [5, 5.41) is 0. The molecule has 1 aromatic carbocycles. The smallest absolute Gasteiger partial charge is 0.418 e. The lowest BCUT2D eigenvalue weighted by molar-refractivity contribution is -0.136. The summed E-state index contributed by atoms with van der Waals surface area (Å²) >= 11 is 3.15. The number of hydrogen-bond acceptors (Lipinski definition) is 4. The average Bonchev–Trinajstić information content (AvgIpc) is 2.53. The van der Waals surface area contributed by atoms with Gasteiger partial charge in [-0.15, -0.1) is 0 Å². The Labute approximate surface area is 145 Å². The second kappa shape index (κ2) is 7.21. The number of halogens is 4. The first-order valence-corrected chi connectivity index (χ1v) is 7.69. The number of carbonyl (C=O) groups is 1. The number of hydrogen-bond donors (Lipinski definition) is 1. The Morgan fingerprint density at radius 3 is 2.58 bits per heavy atom. The van der Waals surface area contributed by atoms with Crippen molar-refractivity contribution in [3.63, 3.8) is 0 Å². The van der Waals surface area contributed by atoms with E-state index in [2.05, 4.69) is 25.7 Å². The number of benzene rings is 1. The van der Waals surface area contributed by atoms with Crippen LogP contribution in [0.3, 0.4) is 0 Å². The minimum atomic E-state index is -4.50. The number of nitrogens with zero attached hydrogens (tertiary/aromatic N) is 1. The van der Waals surface area contributed by atoms with Crippen LogP contribution in [0, 0.1) is 0 Å². The number of aromatic nitrogens is 1. The van der Waals surface area contributed by atoms with Crippen LogP contribution in [0.25, 0.3) is 0 Å². The lowest BCUT2D eigenvalue weighted by Crippen LogP contribution is -2.10. The van der Waals surface area contributed by atoms with Crippen molar-refractivity contribution >= 4 is 27.6 Å². The highest BCUT2D eigenvalue weighted by Gasteiger charge is 2.33. The number of anilines is 1. The van der Waals surface area contributed by atoms with E-state index in [-0.39, 0.29) is 5.69 Å². The van der Waals surface area contributed by atoms with Gasteiger partial charge in [0.15, 0.2) is 0 Å². The molecule has 0 unspecified atom stereocenters. The number of carbonyl (C=O) groups excluding carboxylic acids is 1. The van der Waals surface area contributed by atoms with Gasteiger partial charge in [-0.25, -0.2) is 4.79 Å². The zero-order valence-electron chi connectivity index (χ0n) is 12.7. The number of nitrogens with two attached hydrogens (primary N) is 1. The van der Waals surface area contributed by atoms with Crippen LogP contribution in [0.4, 0.5) is 18.9 Å². The van der Waals surface area contributed by atoms with Gasteiger partial charge < -0.3 is 10.5 Å². The van der Waals surface area contributed by atoms with Crippen LogP contribution in [-0.2, 0) is 23.8 Å². The van der Waals surface area contributed by atoms with Gasteiger partial charge in [0, 0.05) is 22.6 Å². The molecule has 8 heteroatoms. The summed E-state index contributed by atoms with van der Waals surface area (Å²) in [5.74, 6) is -0.496. The summed E-state index contributed by atoms with van der Waals surface area (Å²) in [4.78, 5) is 15.4. The summed E-state index contributed by atoms with van der Waals surface area (Å²) in [6.45, 7) is 0. The van der Waals surface area contributed by atoms with E-state index in [1.54, 1.807) is 12.3 Å². The largest absolute Gasteiger partial charge is 0.465 e. The van der Waals surface area contributed by atoms with Gasteiger partial charge in [-0.3, -0.25) is 4.98 Å². The van der Waals surface area contributed by atoms with Crippen molar-refractivity contribution in [2.75, 3.05) is 12.8 Å². The molecule has 0 fully saturated rings. The van der Waals surface area contributed by atoms with E-state index in [1.807, 2.05) is 0 Å². The Bertz CT molecular complexity index is 763. The second-order valence-electron chi connectivity index (χ2n) is 5.10. The van der Waals surface area contributed by atoms with Crippen LogP contribution in [0.5, 0.6) is 0 Å². The fraction of sp³-hybridized carbons (Fsp3) is 0.250. The van der Waals surface area contributed by atoms with Crippen LogP contribution in [0.2, 0.25) is 0 Å². The molecule has 0 saturated heterocycles. The van der Waals surface area contributed by atoms with E-state index >= 15 is 0 Å². The molecule has 1 heterocycles. The SMILES string of the molecule is COC(=O)c1cncc(CCc2cc(N)c(C(F)(F)F)cc2Br)c1. The van der Waals surface area contributed by atoms with E-state index < -0.39 is 17.7 Å². The molecule has 2 rings (SSSR count). The van der Waals surface area contributed by atoms with Crippen molar-refractivity contribution in [3.8, 4) is 0 Å². The van der Waals surface area contributed by atoms with Crippen molar-refractivity contribution in [1.82, 2.24) is 4.98 Å². The summed E-state index contributed by atoms with van der Waals surface area (Å²) < 4.78 is 43.4. The number of rotatable bonds is 4. The predicted octanol–water partition coefficient (Wildman–Crippen LogP) is 4.02. The van der Waals surface area contributed by atoms with Crippen molar-refractivity contribution in [2.24, 2.45) is 0 Å². The summed E-state index contributed by atoms with van der Waals surface area (Å²) in [6.07, 6.45) is -0.588.